The fourth-order valence-electron chi connectivity index (χ4n) is 1.47. The normalized spacial score (nSPS) is 12.1. The Balaban J connectivity index is 3.37. The van der Waals surface area contributed by atoms with E-state index in [9.17, 15) is 13.2 Å². The fraction of sp³-hybridized carbons (Fsp3) is 0.538. The first-order valence-corrected chi connectivity index (χ1v) is 5.85. The minimum Gasteiger partial charge on any atom is -0.353 e. The van der Waals surface area contributed by atoms with Crippen molar-refractivity contribution in [3.8, 4) is 6.07 Å². The number of rotatable bonds is 3. The highest BCUT2D eigenvalue weighted by atomic mass is 19.4. The lowest BCUT2D eigenvalue weighted by Crippen LogP contribution is -2.41. The smallest absolute Gasteiger partial charge is 0.353 e. The number of nitriles is 1. The van der Waals surface area contributed by atoms with Gasteiger partial charge in [0.05, 0.1) is 5.56 Å². The largest absolute Gasteiger partial charge is 0.433 e. The summed E-state index contributed by atoms with van der Waals surface area (Å²) < 4.78 is 38.0. The third-order valence-electron chi connectivity index (χ3n) is 3.38. The first kappa shape index (κ1) is 15.3. The standard InChI is InChI=1S/C13H16F3N3/c1-5-12(2,3)19(4)11-9(8-17)6-7-10(18-11)13(14,15)16/h6-7H,5H2,1-4H3. The quantitative estimate of drug-likeness (QED) is 0.843. The van der Waals surface area contributed by atoms with Crippen LogP contribution in [0.5, 0.6) is 0 Å². The molecule has 1 aromatic heterocycles. The zero-order valence-corrected chi connectivity index (χ0v) is 11.3. The minimum atomic E-state index is -4.51. The molecule has 0 aromatic carbocycles. The zero-order chi connectivity index (χ0) is 14.8. The molecular weight excluding hydrogens is 255 g/mol. The van der Waals surface area contributed by atoms with Crippen molar-refractivity contribution >= 4 is 5.82 Å². The van der Waals surface area contributed by atoms with Gasteiger partial charge in [0.15, 0.2) is 0 Å². The molecule has 0 aliphatic rings. The summed E-state index contributed by atoms with van der Waals surface area (Å²) in [5.41, 5.74) is -1.24. The average Bonchev–Trinajstić information content (AvgIpc) is 2.35. The SMILES string of the molecule is CCC(C)(C)N(C)c1nc(C(F)(F)F)ccc1C#N. The molecule has 0 atom stereocenters. The first-order valence-electron chi connectivity index (χ1n) is 5.85. The second-order valence-corrected chi connectivity index (χ2v) is 4.90. The van der Waals surface area contributed by atoms with Crippen LogP contribution < -0.4 is 4.90 Å². The molecular formula is C13H16F3N3. The highest BCUT2D eigenvalue weighted by molar-refractivity contribution is 5.55. The van der Waals surface area contributed by atoms with Crippen molar-refractivity contribution < 1.29 is 13.2 Å². The van der Waals surface area contributed by atoms with Crippen LogP contribution in [0.4, 0.5) is 19.0 Å². The maximum Gasteiger partial charge on any atom is 0.433 e. The van der Waals surface area contributed by atoms with E-state index in [1.807, 2.05) is 26.8 Å². The van der Waals surface area contributed by atoms with Crippen molar-refractivity contribution in [1.29, 1.82) is 5.26 Å². The zero-order valence-electron chi connectivity index (χ0n) is 11.3. The predicted octanol–water partition coefficient (Wildman–Crippen LogP) is 3.60. The molecule has 6 heteroatoms. The van der Waals surface area contributed by atoms with Gasteiger partial charge in [-0.2, -0.15) is 18.4 Å². The molecule has 0 spiro atoms. The number of anilines is 1. The number of alkyl halides is 3. The molecule has 0 N–H and O–H groups in total. The van der Waals surface area contributed by atoms with E-state index in [0.717, 1.165) is 12.1 Å². The van der Waals surface area contributed by atoms with E-state index in [4.69, 9.17) is 5.26 Å². The van der Waals surface area contributed by atoms with Gasteiger partial charge in [0.1, 0.15) is 17.6 Å². The van der Waals surface area contributed by atoms with E-state index in [1.54, 1.807) is 11.9 Å². The first-order chi connectivity index (χ1) is 8.63. The average molecular weight is 271 g/mol. The molecule has 0 aliphatic heterocycles. The molecule has 0 fully saturated rings. The lowest BCUT2D eigenvalue weighted by Gasteiger charge is -2.36. The van der Waals surface area contributed by atoms with Crippen LogP contribution >= 0.6 is 0 Å². The van der Waals surface area contributed by atoms with E-state index in [1.165, 1.54) is 0 Å². The molecule has 1 rings (SSSR count). The van der Waals surface area contributed by atoms with Crippen molar-refractivity contribution in [2.75, 3.05) is 11.9 Å². The number of halogens is 3. The maximum absolute atomic E-state index is 12.7. The number of hydrogen-bond donors (Lipinski definition) is 0. The van der Waals surface area contributed by atoms with E-state index in [-0.39, 0.29) is 16.9 Å². The van der Waals surface area contributed by atoms with Crippen LogP contribution in [0, 0.1) is 11.3 Å². The van der Waals surface area contributed by atoms with E-state index in [0.29, 0.717) is 6.42 Å². The Kier molecular flexibility index (Phi) is 4.09. The van der Waals surface area contributed by atoms with Gasteiger partial charge in [-0.05, 0) is 32.4 Å². The monoisotopic (exact) mass is 271 g/mol. The fourth-order valence-corrected chi connectivity index (χ4v) is 1.47. The molecule has 104 valence electrons. The van der Waals surface area contributed by atoms with E-state index in [2.05, 4.69) is 4.98 Å². The number of hydrogen-bond acceptors (Lipinski definition) is 3. The van der Waals surface area contributed by atoms with E-state index < -0.39 is 11.9 Å². The molecule has 0 unspecified atom stereocenters. The van der Waals surface area contributed by atoms with E-state index >= 15 is 0 Å². The summed E-state index contributed by atoms with van der Waals surface area (Å²) in [5, 5.41) is 9.00. The second-order valence-electron chi connectivity index (χ2n) is 4.90. The Labute approximate surface area is 110 Å². The van der Waals surface area contributed by atoms with Crippen LogP contribution in [0.25, 0.3) is 0 Å². The van der Waals surface area contributed by atoms with Gasteiger partial charge in [0.25, 0.3) is 0 Å². The summed E-state index contributed by atoms with van der Waals surface area (Å²) in [5.74, 6) is 0.0594. The summed E-state index contributed by atoms with van der Waals surface area (Å²) in [6, 6.07) is 3.87. The van der Waals surface area contributed by atoms with Gasteiger partial charge in [0.2, 0.25) is 0 Å². The van der Waals surface area contributed by atoms with Crippen LogP contribution in [0.15, 0.2) is 12.1 Å². The van der Waals surface area contributed by atoms with Crippen LogP contribution in [-0.4, -0.2) is 17.6 Å². The summed E-state index contributed by atoms with van der Waals surface area (Å²) in [7, 11) is 1.65. The molecule has 0 saturated carbocycles. The lowest BCUT2D eigenvalue weighted by atomic mass is 9.99. The molecule has 0 bridgehead atoms. The molecule has 0 amide bonds. The van der Waals surface area contributed by atoms with Crippen LogP contribution in [0.2, 0.25) is 0 Å². The molecule has 3 nitrogen and oxygen atoms in total. The van der Waals surface area contributed by atoms with Gasteiger partial charge < -0.3 is 4.90 Å². The number of pyridine rings is 1. The Bertz CT molecular complexity index is 501. The van der Waals surface area contributed by atoms with Crippen molar-refractivity contribution in [3.63, 3.8) is 0 Å². The van der Waals surface area contributed by atoms with Gasteiger partial charge in [-0.25, -0.2) is 4.98 Å². The summed E-state index contributed by atoms with van der Waals surface area (Å²) >= 11 is 0. The number of aromatic nitrogens is 1. The van der Waals surface area contributed by atoms with Crippen molar-refractivity contribution in [2.24, 2.45) is 0 Å². The lowest BCUT2D eigenvalue weighted by molar-refractivity contribution is -0.141. The summed E-state index contributed by atoms with van der Waals surface area (Å²) in [6.45, 7) is 5.70. The van der Waals surface area contributed by atoms with Gasteiger partial charge in [-0.3, -0.25) is 0 Å². The molecule has 0 saturated heterocycles. The third-order valence-corrected chi connectivity index (χ3v) is 3.38. The molecule has 0 aliphatic carbocycles. The van der Waals surface area contributed by atoms with Gasteiger partial charge >= 0.3 is 6.18 Å². The molecule has 1 heterocycles. The van der Waals surface area contributed by atoms with Crippen LogP contribution in [0.1, 0.15) is 38.4 Å². The molecule has 0 radical (unpaired) electrons. The Hall–Kier alpha value is -1.77. The highest BCUT2D eigenvalue weighted by Gasteiger charge is 2.34. The maximum atomic E-state index is 12.7. The van der Waals surface area contributed by atoms with Crippen LogP contribution in [0.3, 0.4) is 0 Å². The highest BCUT2D eigenvalue weighted by Crippen LogP contribution is 2.32. The minimum absolute atomic E-state index is 0.0594. The topological polar surface area (TPSA) is 39.9 Å². The molecule has 19 heavy (non-hydrogen) atoms. The third kappa shape index (κ3) is 3.16. The summed E-state index contributed by atoms with van der Waals surface area (Å²) in [4.78, 5) is 5.22. The number of nitrogens with zero attached hydrogens (tertiary/aromatic N) is 3. The van der Waals surface area contributed by atoms with Gasteiger partial charge in [-0.1, -0.05) is 6.92 Å². The Morgan fingerprint density at radius 2 is 1.89 bits per heavy atom. The van der Waals surface area contributed by atoms with Crippen molar-refractivity contribution in [2.45, 2.75) is 38.9 Å². The Morgan fingerprint density at radius 1 is 1.32 bits per heavy atom. The van der Waals surface area contributed by atoms with Gasteiger partial charge in [-0.15, -0.1) is 0 Å². The molecule has 1 aromatic rings. The predicted molar refractivity (Wildman–Crippen MR) is 66.7 cm³/mol. The second kappa shape index (κ2) is 5.08. The summed E-state index contributed by atoms with van der Waals surface area (Å²) in [6.07, 6.45) is -3.80. The van der Waals surface area contributed by atoms with Crippen LogP contribution in [-0.2, 0) is 6.18 Å². The van der Waals surface area contributed by atoms with Crippen molar-refractivity contribution in [1.82, 2.24) is 4.98 Å². The van der Waals surface area contributed by atoms with Crippen molar-refractivity contribution in [3.05, 3.63) is 23.4 Å². The van der Waals surface area contributed by atoms with Gasteiger partial charge in [0, 0.05) is 12.6 Å². The Morgan fingerprint density at radius 3 is 2.32 bits per heavy atom.